The van der Waals surface area contributed by atoms with Gasteiger partial charge in [-0.05, 0) is 44.7 Å². The van der Waals surface area contributed by atoms with Gasteiger partial charge in [-0.15, -0.1) is 11.8 Å². The predicted molar refractivity (Wildman–Crippen MR) is 125 cm³/mol. The summed E-state index contributed by atoms with van der Waals surface area (Å²) in [6.45, 7) is 7.47. The normalized spacial score (nSPS) is 31.8. The van der Waals surface area contributed by atoms with Gasteiger partial charge in [-0.1, -0.05) is 32.0 Å². The van der Waals surface area contributed by atoms with E-state index in [0.717, 1.165) is 12.8 Å². The molecule has 3 fully saturated rings. The number of thioether (sulfide) groups is 1. The molecule has 3 amide bonds. The number of amides is 3. The second kappa shape index (κ2) is 8.71. The molecule has 1 aromatic carbocycles. The maximum absolute atomic E-state index is 13.9. The molecule has 0 radical (unpaired) electrons. The Labute approximate surface area is 193 Å². The van der Waals surface area contributed by atoms with Crippen LogP contribution >= 0.6 is 11.8 Å². The molecule has 8 heteroatoms. The summed E-state index contributed by atoms with van der Waals surface area (Å²) in [5.41, 5.74) is 0.700. The molecule has 0 saturated carbocycles. The van der Waals surface area contributed by atoms with Crippen LogP contribution in [0.5, 0.6) is 0 Å². The Balaban J connectivity index is 1.72. The van der Waals surface area contributed by atoms with Crippen LogP contribution in [0.3, 0.4) is 0 Å². The van der Waals surface area contributed by atoms with Gasteiger partial charge in [0, 0.05) is 17.0 Å². The fraction of sp³-hybridized carbons (Fsp3) is 0.625. The molecule has 32 heavy (non-hydrogen) atoms. The number of para-hydroxylation sites is 1. The monoisotopic (exact) mass is 459 g/mol. The average Bonchev–Trinajstić information content (AvgIpc) is 3.36. The highest BCUT2D eigenvalue weighted by Gasteiger charge is 2.74. The van der Waals surface area contributed by atoms with Crippen molar-refractivity contribution in [2.75, 3.05) is 11.9 Å². The predicted octanol–water partition coefficient (Wildman–Crippen LogP) is 2.26. The van der Waals surface area contributed by atoms with Gasteiger partial charge < -0.3 is 20.6 Å². The lowest BCUT2D eigenvalue weighted by atomic mass is 9.70. The Hall–Kier alpha value is -2.06. The Morgan fingerprint density at radius 1 is 1.19 bits per heavy atom. The fourth-order valence-electron chi connectivity index (χ4n) is 5.78. The number of benzene rings is 1. The van der Waals surface area contributed by atoms with Crippen molar-refractivity contribution in [2.24, 2.45) is 17.8 Å². The number of fused-ring (bicyclic) bond motifs is 1. The second-order valence-electron chi connectivity index (χ2n) is 9.81. The molecule has 6 atom stereocenters. The van der Waals surface area contributed by atoms with Crippen molar-refractivity contribution in [1.82, 2.24) is 10.2 Å². The number of likely N-dealkylation sites (tertiary alicyclic amines) is 1. The minimum atomic E-state index is -0.688. The summed E-state index contributed by atoms with van der Waals surface area (Å²) >= 11 is 1.64. The summed E-state index contributed by atoms with van der Waals surface area (Å²) in [6, 6.07) is 8.03. The van der Waals surface area contributed by atoms with Crippen LogP contribution in [0.2, 0.25) is 0 Å². The van der Waals surface area contributed by atoms with E-state index in [1.165, 1.54) is 0 Å². The highest BCUT2D eigenvalue weighted by molar-refractivity contribution is 8.02. The van der Waals surface area contributed by atoms with Crippen molar-refractivity contribution in [2.45, 2.75) is 68.7 Å². The van der Waals surface area contributed by atoms with E-state index in [9.17, 15) is 19.5 Å². The van der Waals surface area contributed by atoms with Gasteiger partial charge in [-0.25, -0.2) is 0 Å². The third-order valence-corrected chi connectivity index (χ3v) is 9.03. The first-order chi connectivity index (χ1) is 15.2. The van der Waals surface area contributed by atoms with E-state index in [2.05, 4.69) is 10.6 Å². The summed E-state index contributed by atoms with van der Waals surface area (Å²) in [5, 5.41) is 16.1. The van der Waals surface area contributed by atoms with Crippen molar-refractivity contribution in [3.63, 3.8) is 0 Å². The van der Waals surface area contributed by atoms with E-state index in [4.69, 9.17) is 0 Å². The Morgan fingerprint density at radius 3 is 2.47 bits per heavy atom. The minimum absolute atomic E-state index is 0.00999. The zero-order valence-corrected chi connectivity index (χ0v) is 19.9. The standard InChI is InChI=1S/C24H33N3O4S/c1-13(2)16(12-28)27-20(22(30)25-14(3)4)24-11-10-17(32-24)18(19(24)23(27)31)21(29)26-15-8-6-5-7-9-15/h5-9,13-14,16-20,28H,10-12H2,1-4H3,(H,25,30)(H,26,29)/t16-,17-,18+,19-,20?,24?/m0/s1. The van der Waals surface area contributed by atoms with Crippen molar-refractivity contribution in [3.05, 3.63) is 30.3 Å². The third-order valence-electron chi connectivity index (χ3n) is 7.08. The first kappa shape index (κ1) is 23.1. The molecule has 2 bridgehead atoms. The van der Waals surface area contributed by atoms with Gasteiger partial charge in [-0.3, -0.25) is 14.4 Å². The van der Waals surface area contributed by atoms with E-state index in [-0.39, 0.29) is 41.5 Å². The van der Waals surface area contributed by atoms with Crippen molar-refractivity contribution in [1.29, 1.82) is 0 Å². The number of rotatable bonds is 7. The maximum atomic E-state index is 13.9. The number of nitrogens with zero attached hydrogens (tertiary/aromatic N) is 1. The molecular formula is C24H33N3O4S. The molecule has 4 rings (SSSR count). The second-order valence-corrected chi connectivity index (χ2v) is 11.4. The number of nitrogens with one attached hydrogen (secondary N) is 2. The summed E-state index contributed by atoms with van der Waals surface area (Å²) < 4.78 is -0.637. The summed E-state index contributed by atoms with van der Waals surface area (Å²) in [6.07, 6.45) is 1.52. The van der Waals surface area contributed by atoms with Crippen molar-refractivity contribution >= 4 is 35.2 Å². The largest absolute Gasteiger partial charge is 0.394 e. The van der Waals surface area contributed by atoms with Crippen LogP contribution in [0, 0.1) is 17.8 Å². The van der Waals surface area contributed by atoms with Crippen molar-refractivity contribution in [3.8, 4) is 0 Å². The van der Waals surface area contributed by atoms with Gasteiger partial charge in [0.2, 0.25) is 17.7 Å². The molecule has 3 saturated heterocycles. The molecule has 0 aliphatic carbocycles. The molecule has 0 aromatic heterocycles. The Morgan fingerprint density at radius 2 is 1.88 bits per heavy atom. The maximum Gasteiger partial charge on any atom is 0.244 e. The number of aliphatic hydroxyl groups is 1. The smallest absolute Gasteiger partial charge is 0.244 e. The molecule has 174 valence electrons. The van der Waals surface area contributed by atoms with Gasteiger partial charge in [0.05, 0.1) is 29.2 Å². The lowest BCUT2D eigenvalue weighted by Crippen LogP contribution is -2.58. The SMILES string of the molecule is CC(C)NC(=O)C1N([C@@H](CO)C(C)C)C(=O)[C@@H]2[C@H](C(=O)Nc3ccccc3)[C@@H]3CCC12S3. The molecule has 2 unspecified atom stereocenters. The van der Waals surface area contributed by atoms with Gasteiger partial charge in [-0.2, -0.15) is 0 Å². The average molecular weight is 460 g/mol. The van der Waals surface area contributed by atoms with Crippen LogP contribution in [0.4, 0.5) is 5.69 Å². The molecule has 3 aliphatic rings. The number of anilines is 1. The Kier molecular flexibility index (Phi) is 6.29. The molecule has 3 heterocycles. The van der Waals surface area contributed by atoms with Crippen LogP contribution in [0.25, 0.3) is 0 Å². The quantitative estimate of drug-likeness (QED) is 0.581. The molecule has 7 nitrogen and oxygen atoms in total. The highest BCUT2D eigenvalue weighted by Crippen LogP contribution is 2.66. The first-order valence-electron chi connectivity index (χ1n) is 11.5. The Bertz CT molecular complexity index is 892. The highest BCUT2D eigenvalue weighted by atomic mass is 32.2. The summed E-state index contributed by atoms with van der Waals surface area (Å²) in [4.78, 5) is 42.3. The zero-order valence-electron chi connectivity index (χ0n) is 19.1. The van der Waals surface area contributed by atoms with Crippen LogP contribution in [0.15, 0.2) is 30.3 Å². The van der Waals surface area contributed by atoms with Crippen LogP contribution < -0.4 is 10.6 Å². The summed E-state index contributed by atoms with van der Waals surface area (Å²) in [5.74, 6) is -1.61. The fourth-order valence-corrected chi connectivity index (χ4v) is 7.98. The van der Waals surface area contributed by atoms with Gasteiger partial charge >= 0.3 is 0 Å². The number of hydrogen-bond acceptors (Lipinski definition) is 5. The molecule has 1 spiro atoms. The summed E-state index contributed by atoms with van der Waals surface area (Å²) in [7, 11) is 0. The van der Waals surface area contributed by atoms with E-state index < -0.39 is 28.7 Å². The number of aliphatic hydroxyl groups excluding tert-OH is 1. The zero-order chi connectivity index (χ0) is 23.2. The van der Waals surface area contributed by atoms with Crippen LogP contribution in [-0.2, 0) is 14.4 Å². The third kappa shape index (κ3) is 3.61. The van der Waals surface area contributed by atoms with Crippen LogP contribution in [-0.4, -0.2) is 62.5 Å². The van der Waals surface area contributed by atoms with Gasteiger partial charge in [0.25, 0.3) is 0 Å². The lowest BCUT2D eigenvalue weighted by molar-refractivity contribution is -0.143. The van der Waals surface area contributed by atoms with Crippen LogP contribution in [0.1, 0.15) is 40.5 Å². The van der Waals surface area contributed by atoms with E-state index in [0.29, 0.717) is 5.69 Å². The lowest BCUT2D eigenvalue weighted by Gasteiger charge is -2.38. The molecule has 3 N–H and O–H groups in total. The molecule has 1 aromatic rings. The van der Waals surface area contributed by atoms with E-state index >= 15 is 0 Å². The van der Waals surface area contributed by atoms with Gasteiger partial charge in [0.15, 0.2) is 0 Å². The molecule has 3 aliphatic heterocycles. The number of carbonyl (C=O) groups is 3. The number of hydrogen-bond donors (Lipinski definition) is 3. The number of carbonyl (C=O) groups excluding carboxylic acids is 3. The van der Waals surface area contributed by atoms with Crippen molar-refractivity contribution < 1.29 is 19.5 Å². The first-order valence-corrected chi connectivity index (χ1v) is 12.4. The van der Waals surface area contributed by atoms with Gasteiger partial charge in [0.1, 0.15) is 6.04 Å². The van der Waals surface area contributed by atoms with E-state index in [1.54, 1.807) is 16.7 Å². The minimum Gasteiger partial charge on any atom is -0.394 e. The topological polar surface area (TPSA) is 98.7 Å². The van der Waals surface area contributed by atoms with E-state index in [1.807, 2.05) is 58.0 Å². The molecular weight excluding hydrogens is 426 g/mol.